The maximum absolute atomic E-state index is 12.2. The van der Waals surface area contributed by atoms with Crippen LogP contribution in [0.5, 0.6) is 5.88 Å². The Morgan fingerprint density at radius 3 is 2.92 bits per heavy atom. The van der Waals surface area contributed by atoms with E-state index < -0.39 is 0 Å². The van der Waals surface area contributed by atoms with E-state index in [1.807, 2.05) is 12.1 Å². The van der Waals surface area contributed by atoms with Crippen LogP contribution in [-0.4, -0.2) is 42.7 Å². The van der Waals surface area contributed by atoms with Crippen LogP contribution in [0.3, 0.4) is 0 Å². The Balaban J connectivity index is 1.61. The molecule has 2 aromatic heterocycles. The average Bonchev–Trinajstić information content (AvgIpc) is 3.30. The third kappa shape index (κ3) is 3.86. The summed E-state index contributed by atoms with van der Waals surface area (Å²) >= 11 is 0. The number of furan rings is 1. The summed E-state index contributed by atoms with van der Waals surface area (Å²) in [7, 11) is 1.52. The van der Waals surface area contributed by atoms with E-state index in [1.165, 1.54) is 20.0 Å². The smallest absolute Gasteiger partial charge is 0.319 e. The lowest BCUT2D eigenvalue weighted by molar-refractivity contribution is 0.206. The number of urea groups is 1. The van der Waals surface area contributed by atoms with Gasteiger partial charge in [-0.1, -0.05) is 0 Å². The van der Waals surface area contributed by atoms with E-state index in [-0.39, 0.29) is 12.1 Å². The molecule has 0 radical (unpaired) electrons. The van der Waals surface area contributed by atoms with Crippen molar-refractivity contribution in [2.24, 2.45) is 0 Å². The third-order valence-corrected chi connectivity index (χ3v) is 4.12. The average molecular weight is 330 g/mol. The van der Waals surface area contributed by atoms with Gasteiger partial charge in [0, 0.05) is 12.7 Å². The standard InChI is InChI=1S/C17H22N4O3/c1-23-16-13(6-4-8-18-16)20-17(22)19-12-14(15-7-5-11-24-15)21-9-2-3-10-21/h4-8,11,14H,2-3,9-10,12H2,1H3,(H2,19,20,22)/t14-/m1/s1. The molecule has 1 aliphatic rings. The van der Waals surface area contributed by atoms with Crippen LogP contribution < -0.4 is 15.4 Å². The van der Waals surface area contributed by atoms with Crippen molar-refractivity contribution in [3.63, 3.8) is 0 Å². The summed E-state index contributed by atoms with van der Waals surface area (Å²) in [6.45, 7) is 2.51. The molecule has 1 fully saturated rings. The number of carbonyl (C=O) groups excluding carboxylic acids is 1. The summed E-state index contributed by atoms with van der Waals surface area (Å²) in [6.07, 6.45) is 5.63. The molecule has 0 saturated carbocycles. The quantitative estimate of drug-likeness (QED) is 0.851. The van der Waals surface area contributed by atoms with Crippen molar-refractivity contribution in [1.82, 2.24) is 15.2 Å². The second-order valence-corrected chi connectivity index (χ2v) is 5.67. The van der Waals surface area contributed by atoms with Gasteiger partial charge in [0.2, 0.25) is 5.88 Å². The number of hydrogen-bond acceptors (Lipinski definition) is 5. The lowest BCUT2D eigenvalue weighted by Crippen LogP contribution is -2.38. The van der Waals surface area contributed by atoms with Crippen LogP contribution in [0, 0.1) is 0 Å². The van der Waals surface area contributed by atoms with Gasteiger partial charge in [-0.05, 0) is 50.2 Å². The zero-order chi connectivity index (χ0) is 16.8. The fourth-order valence-electron chi connectivity index (χ4n) is 2.95. The molecule has 0 unspecified atom stereocenters. The van der Waals surface area contributed by atoms with Gasteiger partial charge in [-0.2, -0.15) is 0 Å². The monoisotopic (exact) mass is 330 g/mol. The maximum atomic E-state index is 12.2. The number of rotatable bonds is 6. The SMILES string of the molecule is COc1ncccc1NC(=O)NC[C@H](c1ccco1)N1CCCC1. The van der Waals surface area contributed by atoms with Gasteiger partial charge in [-0.25, -0.2) is 9.78 Å². The van der Waals surface area contributed by atoms with E-state index in [0.29, 0.717) is 18.1 Å². The molecule has 1 aliphatic heterocycles. The first-order chi connectivity index (χ1) is 11.8. The van der Waals surface area contributed by atoms with Gasteiger partial charge in [0.15, 0.2) is 0 Å². The largest absolute Gasteiger partial charge is 0.480 e. The number of anilines is 1. The molecular formula is C17H22N4O3. The summed E-state index contributed by atoms with van der Waals surface area (Å²) in [5, 5.41) is 5.68. The summed E-state index contributed by atoms with van der Waals surface area (Å²) in [4.78, 5) is 18.6. The number of methoxy groups -OCH3 is 1. The Morgan fingerprint density at radius 1 is 1.38 bits per heavy atom. The minimum absolute atomic E-state index is 0.0454. The maximum Gasteiger partial charge on any atom is 0.319 e. The van der Waals surface area contributed by atoms with Crippen LogP contribution in [0.2, 0.25) is 0 Å². The fourth-order valence-corrected chi connectivity index (χ4v) is 2.95. The number of ether oxygens (including phenoxy) is 1. The van der Waals surface area contributed by atoms with Gasteiger partial charge in [0.25, 0.3) is 0 Å². The molecular weight excluding hydrogens is 308 g/mol. The second-order valence-electron chi connectivity index (χ2n) is 5.67. The summed E-state index contributed by atoms with van der Waals surface area (Å²) in [5.74, 6) is 1.26. The number of likely N-dealkylation sites (tertiary alicyclic amines) is 1. The number of hydrogen-bond donors (Lipinski definition) is 2. The number of amides is 2. The molecule has 0 spiro atoms. The van der Waals surface area contributed by atoms with Gasteiger partial charge >= 0.3 is 6.03 Å². The number of carbonyl (C=O) groups is 1. The third-order valence-electron chi connectivity index (χ3n) is 4.12. The van der Waals surface area contributed by atoms with Crippen LogP contribution in [0.15, 0.2) is 41.1 Å². The van der Waals surface area contributed by atoms with Crippen molar-refractivity contribution in [3.05, 3.63) is 42.5 Å². The van der Waals surface area contributed by atoms with Gasteiger partial charge in [-0.15, -0.1) is 0 Å². The van der Waals surface area contributed by atoms with Crippen molar-refractivity contribution < 1.29 is 13.9 Å². The van der Waals surface area contributed by atoms with Crippen molar-refractivity contribution in [3.8, 4) is 5.88 Å². The van der Waals surface area contributed by atoms with E-state index in [0.717, 1.165) is 18.8 Å². The molecule has 0 aromatic carbocycles. The fraction of sp³-hybridized carbons (Fsp3) is 0.412. The van der Waals surface area contributed by atoms with E-state index >= 15 is 0 Å². The lowest BCUT2D eigenvalue weighted by Gasteiger charge is -2.26. The van der Waals surface area contributed by atoms with E-state index in [1.54, 1.807) is 24.6 Å². The molecule has 1 saturated heterocycles. The molecule has 3 heterocycles. The first-order valence-corrected chi connectivity index (χ1v) is 8.09. The van der Waals surface area contributed by atoms with Crippen LogP contribution in [0.4, 0.5) is 10.5 Å². The molecule has 2 N–H and O–H groups in total. The zero-order valence-electron chi connectivity index (χ0n) is 13.7. The topological polar surface area (TPSA) is 79.6 Å². The Morgan fingerprint density at radius 2 is 2.21 bits per heavy atom. The van der Waals surface area contributed by atoms with Gasteiger partial charge in [-0.3, -0.25) is 4.90 Å². The summed E-state index contributed by atoms with van der Waals surface area (Å²) in [6, 6.07) is 7.07. The summed E-state index contributed by atoms with van der Waals surface area (Å²) in [5.41, 5.74) is 0.535. The minimum atomic E-state index is -0.294. The first kappa shape index (κ1) is 16.3. The molecule has 3 rings (SSSR count). The van der Waals surface area contributed by atoms with Gasteiger partial charge < -0.3 is 19.8 Å². The molecule has 2 amide bonds. The van der Waals surface area contributed by atoms with E-state index in [4.69, 9.17) is 9.15 Å². The van der Waals surface area contributed by atoms with Crippen molar-refractivity contribution in [1.29, 1.82) is 0 Å². The van der Waals surface area contributed by atoms with Crippen LogP contribution in [0.25, 0.3) is 0 Å². The lowest BCUT2D eigenvalue weighted by atomic mass is 10.2. The molecule has 1 atom stereocenters. The predicted octanol–water partition coefficient (Wildman–Crippen LogP) is 2.64. The number of aromatic nitrogens is 1. The van der Waals surface area contributed by atoms with Crippen LogP contribution >= 0.6 is 0 Å². The Kier molecular flexibility index (Phi) is 5.32. The minimum Gasteiger partial charge on any atom is -0.480 e. The molecule has 128 valence electrons. The van der Waals surface area contributed by atoms with Crippen molar-refractivity contribution in [2.75, 3.05) is 32.1 Å². The molecule has 2 aromatic rings. The molecule has 0 bridgehead atoms. The first-order valence-electron chi connectivity index (χ1n) is 8.09. The molecule has 7 nitrogen and oxygen atoms in total. The van der Waals surface area contributed by atoms with Crippen LogP contribution in [-0.2, 0) is 0 Å². The molecule has 7 heteroatoms. The Hall–Kier alpha value is -2.54. The zero-order valence-corrected chi connectivity index (χ0v) is 13.7. The number of pyridine rings is 1. The number of nitrogens with one attached hydrogen (secondary N) is 2. The van der Waals surface area contributed by atoms with Crippen molar-refractivity contribution >= 4 is 11.7 Å². The molecule has 24 heavy (non-hydrogen) atoms. The second kappa shape index (κ2) is 7.83. The highest BCUT2D eigenvalue weighted by atomic mass is 16.5. The van der Waals surface area contributed by atoms with E-state index in [2.05, 4.69) is 20.5 Å². The Bertz CT molecular complexity index is 654. The normalized spacial score (nSPS) is 15.9. The molecule has 0 aliphatic carbocycles. The van der Waals surface area contributed by atoms with Crippen molar-refractivity contribution in [2.45, 2.75) is 18.9 Å². The highest BCUT2D eigenvalue weighted by Gasteiger charge is 2.26. The van der Waals surface area contributed by atoms with Gasteiger partial charge in [0.1, 0.15) is 11.4 Å². The highest BCUT2D eigenvalue weighted by molar-refractivity contribution is 5.90. The highest BCUT2D eigenvalue weighted by Crippen LogP contribution is 2.25. The summed E-state index contributed by atoms with van der Waals surface area (Å²) < 4.78 is 10.7. The number of nitrogens with zero attached hydrogens (tertiary/aromatic N) is 2. The van der Waals surface area contributed by atoms with Crippen LogP contribution in [0.1, 0.15) is 24.6 Å². The van der Waals surface area contributed by atoms with Gasteiger partial charge in [0.05, 0.1) is 19.4 Å². The predicted molar refractivity (Wildman–Crippen MR) is 90.1 cm³/mol. The Labute approximate surface area is 141 Å². The van der Waals surface area contributed by atoms with E-state index in [9.17, 15) is 4.79 Å².